The van der Waals surface area contributed by atoms with Gasteiger partial charge in [-0.15, -0.1) is 0 Å². The Morgan fingerprint density at radius 1 is 1.05 bits per heavy atom. The van der Waals surface area contributed by atoms with Gasteiger partial charge < -0.3 is 0 Å². The summed E-state index contributed by atoms with van der Waals surface area (Å²) in [6, 6.07) is 5.75. The highest BCUT2D eigenvalue weighted by atomic mass is 19.1. The van der Waals surface area contributed by atoms with E-state index in [9.17, 15) is 14.0 Å². The largest absolute Gasteiger partial charge is 0.298 e. The van der Waals surface area contributed by atoms with Crippen molar-refractivity contribution < 1.29 is 14.0 Å². The third-order valence-electron chi connectivity index (χ3n) is 3.41. The Balaban J connectivity index is 2.86. The fourth-order valence-corrected chi connectivity index (χ4v) is 2.39. The van der Waals surface area contributed by atoms with Crippen LogP contribution in [0.2, 0.25) is 0 Å². The number of nitrogens with zero attached hydrogens (tertiary/aromatic N) is 1. The molecule has 0 aliphatic heterocycles. The second kappa shape index (κ2) is 5.95. The topological polar surface area (TPSA) is 47.0 Å². The molecule has 0 aliphatic carbocycles. The maximum atomic E-state index is 13.1. The average Bonchev–Trinajstić information content (AvgIpc) is 2.46. The van der Waals surface area contributed by atoms with E-state index in [1.54, 1.807) is 19.1 Å². The van der Waals surface area contributed by atoms with Crippen LogP contribution in [-0.4, -0.2) is 17.6 Å². The van der Waals surface area contributed by atoms with Gasteiger partial charge in [0.1, 0.15) is 5.82 Å². The predicted octanol–water partition coefficient (Wildman–Crippen LogP) is 3.94. The van der Waals surface area contributed by atoms with Crippen LogP contribution in [-0.2, 0) is 0 Å². The molecule has 21 heavy (non-hydrogen) atoms. The first-order chi connectivity index (χ1) is 9.99. The molecule has 0 bridgehead atoms. The van der Waals surface area contributed by atoms with Gasteiger partial charge in [0.15, 0.2) is 12.6 Å². The number of carbonyl (C=O) groups is 2. The van der Waals surface area contributed by atoms with Gasteiger partial charge in [0, 0.05) is 22.4 Å². The van der Waals surface area contributed by atoms with E-state index in [1.165, 1.54) is 12.1 Å². The molecule has 0 aliphatic rings. The smallest absolute Gasteiger partial charge is 0.152 e. The minimum absolute atomic E-state index is 0.0452. The van der Waals surface area contributed by atoms with Gasteiger partial charge in [-0.25, -0.2) is 4.39 Å². The zero-order valence-electron chi connectivity index (χ0n) is 12.2. The monoisotopic (exact) mass is 285 g/mol. The van der Waals surface area contributed by atoms with Crippen molar-refractivity contribution in [2.75, 3.05) is 0 Å². The Bertz CT molecular complexity index is 691. The molecule has 0 radical (unpaired) electrons. The number of hydrogen-bond donors (Lipinski definition) is 0. The summed E-state index contributed by atoms with van der Waals surface area (Å²) >= 11 is 0. The SMILES string of the molecule is Cc1nc(C(C)C)c(C=O)c(-c2ccc(F)cc2)c1C=O. The van der Waals surface area contributed by atoms with Crippen molar-refractivity contribution in [3.63, 3.8) is 0 Å². The molecule has 0 N–H and O–H groups in total. The van der Waals surface area contributed by atoms with E-state index in [-0.39, 0.29) is 11.7 Å². The van der Waals surface area contributed by atoms with Crippen LogP contribution in [0.15, 0.2) is 24.3 Å². The van der Waals surface area contributed by atoms with Crippen molar-refractivity contribution in [2.24, 2.45) is 0 Å². The zero-order valence-corrected chi connectivity index (χ0v) is 12.2. The van der Waals surface area contributed by atoms with Gasteiger partial charge in [0.25, 0.3) is 0 Å². The van der Waals surface area contributed by atoms with E-state index in [1.807, 2.05) is 13.8 Å². The van der Waals surface area contributed by atoms with Crippen LogP contribution < -0.4 is 0 Å². The lowest BCUT2D eigenvalue weighted by molar-refractivity contribution is 0.112. The summed E-state index contributed by atoms with van der Waals surface area (Å²) in [5.41, 5.74) is 3.13. The lowest BCUT2D eigenvalue weighted by Gasteiger charge is -2.16. The van der Waals surface area contributed by atoms with Crippen molar-refractivity contribution >= 4 is 12.6 Å². The number of hydrogen-bond acceptors (Lipinski definition) is 3. The molecular formula is C17H16FNO2. The summed E-state index contributed by atoms with van der Waals surface area (Å²) in [7, 11) is 0. The molecule has 0 fully saturated rings. The molecule has 108 valence electrons. The van der Waals surface area contributed by atoms with Crippen LogP contribution in [0.5, 0.6) is 0 Å². The highest BCUT2D eigenvalue weighted by molar-refractivity contribution is 5.98. The normalized spacial score (nSPS) is 10.7. The number of halogens is 1. The van der Waals surface area contributed by atoms with E-state index in [0.29, 0.717) is 46.2 Å². The second-order valence-corrected chi connectivity index (χ2v) is 5.18. The molecule has 2 aromatic rings. The summed E-state index contributed by atoms with van der Waals surface area (Å²) in [5.74, 6) is -0.322. The predicted molar refractivity (Wildman–Crippen MR) is 79.2 cm³/mol. The van der Waals surface area contributed by atoms with E-state index >= 15 is 0 Å². The van der Waals surface area contributed by atoms with Crippen molar-refractivity contribution in [3.05, 3.63) is 52.6 Å². The molecule has 0 amide bonds. The van der Waals surface area contributed by atoms with Crippen molar-refractivity contribution in [2.45, 2.75) is 26.7 Å². The molecule has 2 rings (SSSR count). The lowest BCUT2D eigenvalue weighted by Crippen LogP contribution is -2.08. The minimum atomic E-state index is -0.367. The standard InChI is InChI=1S/C17H16FNO2/c1-10(2)17-15(9-21)16(14(8-20)11(3)19-17)12-4-6-13(18)7-5-12/h4-10H,1-3H3. The molecule has 1 aromatic heterocycles. The van der Waals surface area contributed by atoms with Crippen LogP contribution in [0.4, 0.5) is 4.39 Å². The fraction of sp³-hybridized carbons (Fsp3) is 0.235. The Hall–Kier alpha value is -2.36. The van der Waals surface area contributed by atoms with Gasteiger partial charge in [-0.2, -0.15) is 0 Å². The van der Waals surface area contributed by atoms with Gasteiger partial charge in [-0.1, -0.05) is 26.0 Å². The van der Waals surface area contributed by atoms with Crippen molar-refractivity contribution in [1.82, 2.24) is 4.98 Å². The number of aryl methyl sites for hydroxylation is 1. The van der Waals surface area contributed by atoms with E-state index in [2.05, 4.69) is 4.98 Å². The molecule has 4 heteroatoms. The van der Waals surface area contributed by atoms with Gasteiger partial charge in [0.05, 0.1) is 5.69 Å². The summed E-state index contributed by atoms with van der Waals surface area (Å²) in [6.07, 6.45) is 1.41. The first-order valence-corrected chi connectivity index (χ1v) is 6.70. The molecule has 1 heterocycles. The van der Waals surface area contributed by atoms with Gasteiger partial charge in [0.2, 0.25) is 0 Å². The molecule has 0 atom stereocenters. The molecule has 3 nitrogen and oxygen atoms in total. The fourth-order valence-electron chi connectivity index (χ4n) is 2.39. The molecule has 0 saturated heterocycles. The van der Waals surface area contributed by atoms with Gasteiger partial charge in [-0.05, 0) is 30.5 Å². The van der Waals surface area contributed by atoms with E-state index < -0.39 is 0 Å². The van der Waals surface area contributed by atoms with Crippen LogP contribution in [0.25, 0.3) is 11.1 Å². The maximum absolute atomic E-state index is 13.1. The number of pyridine rings is 1. The highest BCUT2D eigenvalue weighted by Crippen LogP contribution is 2.32. The van der Waals surface area contributed by atoms with Crippen LogP contribution in [0, 0.1) is 12.7 Å². The average molecular weight is 285 g/mol. The number of benzene rings is 1. The third kappa shape index (κ3) is 2.75. The number of aldehydes is 2. The number of aromatic nitrogens is 1. The van der Waals surface area contributed by atoms with Gasteiger partial charge in [-0.3, -0.25) is 14.6 Å². The highest BCUT2D eigenvalue weighted by Gasteiger charge is 2.20. The molecule has 0 spiro atoms. The first-order valence-electron chi connectivity index (χ1n) is 6.70. The maximum Gasteiger partial charge on any atom is 0.152 e. The summed E-state index contributed by atoms with van der Waals surface area (Å²) in [4.78, 5) is 27.3. The Labute approximate surface area is 122 Å². The summed E-state index contributed by atoms with van der Waals surface area (Å²) in [5, 5.41) is 0. The minimum Gasteiger partial charge on any atom is -0.298 e. The lowest BCUT2D eigenvalue weighted by atomic mass is 9.90. The quantitative estimate of drug-likeness (QED) is 0.799. The second-order valence-electron chi connectivity index (χ2n) is 5.18. The zero-order chi connectivity index (χ0) is 15.6. The van der Waals surface area contributed by atoms with E-state index in [4.69, 9.17) is 0 Å². The number of carbonyl (C=O) groups excluding carboxylic acids is 2. The molecule has 0 unspecified atom stereocenters. The summed E-state index contributed by atoms with van der Waals surface area (Å²) < 4.78 is 13.1. The van der Waals surface area contributed by atoms with Crippen LogP contribution in [0.1, 0.15) is 51.9 Å². The molecule has 1 aromatic carbocycles. The van der Waals surface area contributed by atoms with Crippen LogP contribution in [0.3, 0.4) is 0 Å². The Morgan fingerprint density at radius 2 is 1.62 bits per heavy atom. The molecule has 0 saturated carbocycles. The summed E-state index contributed by atoms with van der Waals surface area (Å²) in [6.45, 7) is 5.60. The third-order valence-corrected chi connectivity index (χ3v) is 3.41. The Morgan fingerprint density at radius 3 is 2.10 bits per heavy atom. The van der Waals surface area contributed by atoms with Crippen molar-refractivity contribution in [3.8, 4) is 11.1 Å². The van der Waals surface area contributed by atoms with Gasteiger partial charge >= 0.3 is 0 Å². The number of rotatable bonds is 4. The van der Waals surface area contributed by atoms with E-state index in [0.717, 1.165) is 0 Å². The Kier molecular flexibility index (Phi) is 4.26. The van der Waals surface area contributed by atoms with Crippen LogP contribution >= 0.6 is 0 Å². The molecular weight excluding hydrogens is 269 g/mol. The first kappa shape index (κ1) is 15.0. The van der Waals surface area contributed by atoms with Crippen molar-refractivity contribution in [1.29, 1.82) is 0 Å².